The van der Waals surface area contributed by atoms with Crippen LogP contribution in [0.2, 0.25) is 0 Å². The van der Waals surface area contributed by atoms with E-state index in [0.717, 1.165) is 70.4 Å². The van der Waals surface area contributed by atoms with Crippen LogP contribution < -0.4 is 15.4 Å². The number of anilines is 1. The van der Waals surface area contributed by atoms with E-state index in [1.54, 1.807) is 85.1 Å². The molecule has 1 saturated heterocycles. The van der Waals surface area contributed by atoms with E-state index in [9.17, 15) is 34.2 Å². The smallest absolute Gasteiger partial charge is 0.413 e. The van der Waals surface area contributed by atoms with E-state index >= 15 is 0 Å². The fourth-order valence-corrected chi connectivity index (χ4v) is 11.2. The number of aromatic hydroxyl groups is 2. The maximum atomic E-state index is 14.3. The van der Waals surface area contributed by atoms with E-state index in [-0.39, 0.29) is 40.4 Å². The third-order valence-corrected chi connectivity index (χ3v) is 15.4. The number of nitrogens with zero attached hydrogens (tertiary/aromatic N) is 4. The highest BCUT2D eigenvalue weighted by atomic mass is 32.2. The molecule has 1 aliphatic carbocycles. The maximum Gasteiger partial charge on any atom is 0.413 e. The zero-order chi connectivity index (χ0) is 54.0. The first-order valence-corrected chi connectivity index (χ1v) is 26.7. The number of hydrogen-bond donors (Lipinski definition) is 4. The number of benzene rings is 3. The van der Waals surface area contributed by atoms with Gasteiger partial charge in [-0.25, -0.2) is 19.4 Å². The average Bonchev–Trinajstić information content (AvgIpc) is 3.79. The molecule has 0 spiro atoms. The van der Waals surface area contributed by atoms with Crippen molar-refractivity contribution in [3.8, 4) is 17.2 Å². The van der Waals surface area contributed by atoms with E-state index < -0.39 is 63.8 Å². The molecule has 8 rings (SSSR count). The number of ether oxygens (including phenoxy) is 4. The van der Waals surface area contributed by atoms with Gasteiger partial charge in [-0.3, -0.25) is 19.8 Å². The normalized spacial score (nSPS) is 20.0. The number of phenols is 2. The second kappa shape index (κ2) is 21.8. The molecule has 0 radical (unpaired) electrons. The molecule has 1 aromatic heterocycles. The molecule has 3 amide bonds. The van der Waals surface area contributed by atoms with Crippen LogP contribution in [0.25, 0.3) is 6.08 Å². The van der Waals surface area contributed by atoms with Gasteiger partial charge in [-0.2, -0.15) is 0 Å². The topological polar surface area (TPSA) is 225 Å². The molecule has 0 bridgehead atoms. The Balaban J connectivity index is 1.03. The summed E-state index contributed by atoms with van der Waals surface area (Å²) in [5.41, 5.74) is 1.40. The molecule has 3 aliphatic heterocycles. The van der Waals surface area contributed by atoms with Gasteiger partial charge < -0.3 is 43.8 Å². The molecule has 18 nitrogen and oxygen atoms in total. The number of nitrogens with one attached hydrogen (secondary N) is 2. The number of oxime groups is 1. The zero-order valence-electron chi connectivity index (χ0n) is 43.7. The predicted molar refractivity (Wildman–Crippen MR) is 283 cm³/mol. The van der Waals surface area contributed by atoms with Crippen LogP contribution in [0.15, 0.2) is 88.5 Å². The molecule has 3 aromatic carbocycles. The quantitative estimate of drug-likeness (QED) is 0.0157. The van der Waals surface area contributed by atoms with E-state index in [2.05, 4.69) is 32.9 Å². The van der Waals surface area contributed by atoms with Crippen LogP contribution in [-0.4, -0.2) is 114 Å². The van der Waals surface area contributed by atoms with Crippen LogP contribution in [0.3, 0.4) is 0 Å². The van der Waals surface area contributed by atoms with Crippen LogP contribution in [0, 0.1) is 0 Å². The summed E-state index contributed by atoms with van der Waals surface area (Å²) in [6.07, 6.45) is 7.14. The van der Waals surface area contributed by atoms with Crippen molar-refractivity contribution in [2.75, 3.05) is 24.7 Å². The number of amides is 3. The highest BCUT2D eigenvalue weighted by Crippen LogP contribution is 2.44. The maximum absolute atomic E-state index is 14.3. The number of hydrogen-bond acceptors (Lipinski definition) is 16. The molecule has 20 heteroatoms. The number of phenolic OH excluding ortho intramolecular Hbond substituents is 2. The van der Waals surface area contributed by atoms with Crippen molar-refractivity contribution in [3.05, 3.63) is 117 Å². The van der Waals surface area contributed by atoms with Gasteiger partial charge in [-0.05, 0) is 115 Å². The Hall–Kier alpha value is -6.90. The monoisotopic (exact) mass is 1070 g/mol. The van der Waals surface area contributed by atoms with Crippen LogP contribution in [0.5, 0.6) is 17.2 Å². The summed E-state index contributed by atoms with van der Waals surface area (Å²) in [7, 11) is 1.56. The number of fused-ring (bicyclic) bond motifs is 2. The van der Waals surface area contributed by atoms with Gasteiger partial charge in [0.25, 0.3) is 11.8 Å². The lowest BCUT2D eigenvalue weighted by molar-refractivity contribution is -0.982. The van der Waals surface area contributed by atoms with Gasteiger partial charge in [0.2, 0.25) is 5.60 Å². The lowest BCUT2D eigenvalue weighted by Crippen LogP contribution is -2.71. The SMILES string of the molecule is COc1ccc(COC(=O)C2=C(/C=C\c3ccc(C[N+]4(C5CCC5)CCc5ccc(O)c(O)c5C4)cc3)CS[C@@H]3[C@H](NC(=O)/C(=N\OC(C)(C)C(=O)OC(C)(C)C)c4csc(NC(=O)OC(C)(C)C)n4)C(=O)N23)cc1. The average molecular weight is 1070 g/mol. The highest BCUT2D eigenvalue weighted by Gasteiger charge is 2.55. The Morgan fingerprint density at radius 2 is 1.60 bits per heavy atom. The minimum absolute atomic E-state index is 0.0237. The number of carbonyl (C=O) groups excluding carboxylic acids is 5. The van der Waals surface area contributed by atoms with Gasteiger partial charge in [0.1, 0.15) is 59.5 Å². The van der Waals surface area contributed by atoms with E-state index in [1.807, 2.05) is 24.3 Å². The molecule has 4 heterocycles. The molecule has 4 aliphatic rings. The Morgan fingerprint density at radius 1 is 0.907 bits per heavy atom. The first kappa shape index (κ1) is 54.4. The number of thiazole rings is 1. The molecular formula is C55H65N6O12S2+. The Kier molecular flexibility index (Phi) is 15.8. The highest BCUT2D eigenvalue weighted by molar-refractivity contribution is 8.00. The summed E-state index contributed by atoms with van der Waals surface area (Å²) < 4.78 is 22.8. The molecule has 1 saturated carbocycles. The first-order chi connectivity index (χ1) is 35.4. The molecule has 2 fully saturated rings. The summed E-state index contributed by atoms with van der Waals surface area (Å²) >= 11 is 2.32. The molecule has 3 atom stereocenters. The van der Waals surface area contributed by atoms with Crippen LogP contribution in [0.1, 0.15) is 108 Å². The lowest BCUT2D eigenvalue weighted by atomic mass is 9.84. The van der Waals surface area contributed by atoms with E-state index in [4.69, 9.17) is 23.8 Å². The second-order valence-electron chi connectivity index (χ2n) is 21.6. The largest absolute Gasteiger partial charge is 0.504 e. The third kappa shape index (κ3) is 12.6. The Labute approximate surface area is 444 Å². The number of β-lactam (4-membered cyclic amide) rings is 1. The second-order valence-corrected chi connectivity index (χ2v) is 23.6. The van der Waals surface area contributed by atoms with Crippen molar-refractivity contribution in [1.29, 1.82) is 0 Å². The van der Waals surface area contributed by atoms with Crippen LogP contribution >= 0.6 is 23.1 Å². The van der Waals surface area contributed by atoms with Crippen molar-refractivity contribution in [2.24, 2.45) is 5.16 Å². The number of rotatable bonds is 16. The van der Waals surface area contributed by atoms with Crippen molar-refractivity contribution < 1.29 is 62.5 Å². The standard InChI is InChI=1S/C55H64N6O12S2/c1-53(2,3)71-50(67)55(7,8)73-59-42(40-31-75-51(56-40)58-52(68)72-54(4,5)6)46(64)57-43-47(65)60-44(49(66)70-29-34-18-22-38(69-9)23-19-34)36(30-74-48(43)60)20-17-32-13-15-33(16-14-32)27-61(37-11-10-12-37)26-25-35-21-24-41(62)45(63)39(35)28-61/h13-24,31,37,43,48H,10-12,25-30H2,1-9H3,(H3-,56,57,58,59,62,63,64,68)/p+1/b20-17-/t43-,48-,61?/m1/s1. The summed E-state index contributed by atoms with van der Waals surface area (Å²) in [6.45, 7) is 15.3. The van der Waals surface area contributed by atoms with Crippen LogP contribution in [-0.2, 0) is 64.3 Å². The number of carbonyl (C=O) groups is 5. The van der Waals surface area contributed by atoms with Gasteiger partial charge in [0, 0.05) is 23.1 Å². The predicted octanol–water partition coefficient (Wildman–Crippen LogP) is 8.49. The van der Waals surface area contributed by atoms with Crippen molar-refractivity contribution in [3.63, 3.8) is 0 Å². The van der Waals surface area contributed by atoms with E-state index in [0.29, 0.717) is 29.5 Å². The number of aromatic nitrogens is 1. The lowest BCUT2D eigenvalue weighted by Gasteiger charge is -2.51. The van der Waals surface area contributed by atoms with Gasteiger partial charge in [-0.15, -0.1) is 23.1 Å². The summed E-state index contributed by atoms with van der Waals surface area (Å²) in [5.74, 6) is -2.16. The summed E-state index contributed by atoms with van der Waals surface area (Å²) in [5, 5.41) is 31.4. The fraction of sp³-hybridized carbons (Fsp3) is 0.436. The Morgan fingerprint density at radius 3 is 2.25 bits per heavy atom. The molecule has 4 aromatic rings. The first-order valence-electron chi connectivity index (χ1n) is 24.8. The zero-order valence-corrected chi connectivity index (χ0v) is 45.3. The molecule has 75 heavy (non-hydrogen) atoms. The number of quaternary nitrogens is 1. The van der Waals surface area contributed by atoms with Gasteiger partial charge in [-0.1, -0.05) is 59.8 Å². The minimum atomic E-state index is -1.68. The van der Waals surface area contributed by atoms with Crippen molar-refractivity contribution in [2.45, 2.75) is 135 Å². The Bertz CT molecular complexity index is 2930. The molecular weight excluding hydrogens is 1000 g/mol. The third-order valence-electron chi connectivity index (χ3n) is 13.3. The number of esters is 2. The van der Waals surface area contributed by atoms with E-state index in [1.165, 1.54) is 42.3 Å². The van der Waals surface area contributed by atoms with Gasteiger partial charge >= 0.3 is 18.0 Å². The van der Waals surface area contributed by atoms with Crippen molar-refractivity contribution >= 4 is 69.9 Å². The van der Waals surface area contributed by atoms with Crippen LogP contribution in [0.4, 0.5) is 9.93 Å². The molecule has 398 valence electrons. The van der Waals surface area contributed by atoms with Gasteiger partial charge in [0.05, 0.1) is 25.3 Å². The van der Waals surface area contributed by atoms with Gasteiger partial charge in [0.15, 0.2) is 22.3 Å². The minimum Gasteiger partial charge on any atom is -0.504 e. The summed E-state index contributed by atoms with van der Waals surface area (Å²) in [6, 6.07) is 18.1. The fourth-order valence-electron chi connectivity index (χ4n) is 9.16. The number of allylic oxidation sites excluding steroid dienone is 1. The summed E-state index contributed by atoms with van der Waals surface area (Å²) in [4.78, 5) is 80.0. The number of methoxy groups -OCH3 is 1. The molecule has 4 N–H and O–H groups in total. The van der Waals surface area contributed by atoms with Crippen molar-refractivity contribution in [1.82, 2.24) is 15.2 Å². The number of thioether (sulfide) groups is 1. The molecule has 1 unspecified atom stereocenters.